The summed E-state index contributed by atoms with van der Waals surface area (Å²) in [5, 5.41) is 0. The summed E-state index contributed by atoms with van der Waals surface area (Å²) in [4.78, 5) is 22.3. The van der Waals surface area contributed by atoms with Crippen molar-refractivity contribution < 1.29 is 9.53 Å². The number of ether oxygens (including phenoxy) is 1. The molecule has 2 aromatic rings. The van der Waals surface area contributed by atoms with Gasteiger partial charge in [0, 0.05) is 18.8 Å². The van der Waals surface area contributed by atoms with Gasteiger partial charge in [-0.25, -0.2) is 4.99 Å². The SMILES string of the molecule is CC#CCOc1cccc(-c2cc([C@@H]3CC(=O)N(C)C(N)=N3)ccn2)c1. The molecule has 1 aliphatic heterocycles. The van der Waals surface area contributed by atoms with Crippen LogP contribution < -0.4 is 10.5 Å². The smallest absolute Gasteiger partial charge is 0.231 e. The Kier molecular flexibility index (Phi) is 5.18. The summed E-state index contributed by atoms with van der Waals surface area (Å²) in [6.45, 7) is 2.12. The summed E-state index contributed by atoms with van der Waals surface area (Å²) >= 11 is 0. The molecule has 1 amide bonds. The Hall–Kier alpha value is -3.33. The van der Waals surface area contributed by atoms with E-state index < -0.39 is 0 Å². The van der Waals surface area contributed by atoms with Gasteiger partial charge in [0.15, 0.2) is 5.96 Å². The Balaban J connectivity index is 1.87. The summed E-state index contributed by atoms with van der Waals surface area (Å²) < 4.78 is 5.61. The predicted molar refractivity (Wildman–Crippen MR) is 100 cm³/mol. The Labute approximate surface area is 152 Å². The van der Waals surface area contributed by atoms with Crippen LogP contribution >= 0.6 is 0 Å². The van der Waals surface area contributed by atoms with Gasteiger partial charge in [-0.15, -0.1) is 5.92 Å². The molecule has 6 heteroatoms. The minimum atomic E-state index is -0.292. The fourth-order valence-corrected chi connectivity index (χ4v) is 2.66. The van der Waals surface area contributed by atoms with Crippen LogP contribution in [-0.2, 0) is 4.79 Å². The Bertz CT molecular complexity index is 911. The monoisotopic (exact) mass is 348 g/mol. The van der Waals surface area contributed by atoms with E-state index in [1.165, 1.54) is 4.90 Å². The summed E-state index contributed by atoms with van der Waals surface area (Å²) in [6.07, 6.45) is 2.01. The second kappa shape index (κ2) is 7.70. The lowest BCUT2D eigenvalue weighted by Crippen LogP contribution is -2.42. The largest absolute Gasteiger partial charge is 0.481 e. The number of aromatic nitrogens is 1. The van der Waals surface area contributed by atoms with Crippen molar-refractivity contribution in [2.75, 3.05) is 13.7 Å². The molecule has 0 saturated heterocycles. The Morgan fingerprint density at radius 1 is 1.35 bits per heavy atom. The van der Waals surface area contributed by atoms with Crippen LogP contribution in [0, 0.1) is 11.8 Å². The van der Waals surface area contributed by atoms with Crippen molar-refractivity contribution in [2.45, 2.75) is 19.4 Å². The van der Waals surface area contributed by atoms with Crippen LogP contribution in [0.5, 0.6) is 5.75 Å². The summed E-state index contributed by atoms with van der Waals surface area (Å²) in [7, 11) is 1.63. The van der Waals surface area contributed by atoms with Crippen molar-refractivity contribution in [1.29, 1.82) is 0 Å². The highest BCUT2D eigenvalue weighted by Crippen LogP contribution is 2.29. The molecule has 0 spiro atoms. The van der Waals surface area contributed by atoms with E-state index in [4.69, 9.17) is 10.5 Å². The number of carbonyl (C=O) groups is 1. The van der Waals surface area contributed by atoms with Crippen molar-refractivity contribution in [2.24, 2.45) is 10.7 Å². The van der Waals surface area contributed by atoms with Crippen LogP contribution in [0.4, 0.5) is 0 Å². The zero-order valence-electron chi connectivity index (χ0n) is 14.8. The number of guanidine groups is 1. The summed E-state index contributed by atoms with van der Waals surface area (Å²) in [5.74, 6) is 6.58. The number of amides is 1. The Morgan fingerprint density at radius 3 is 2.96 bits per heavy atom. The average molecular weight is 348 g/mol. The van der Waals surface area contributed by atoms with E-state index in [0.29, 0.717) is 13.0 Å². The quantitative estimate of drug-likeness (QED) is 0.860. The van der Waals surface area contributed by atoms with Gasteiger partial charge in [-0.1, -0.05) is 18.1 Å². The number of hydrogen-bond acceptors (Lipinski definition) is 5. The first-order valence-corrected chi connectivity index (χ1v) is 8.27. The molecule has 0 saturated carbocycles. The molecule has 1 aliphatic rings. The zero-order valence-corrected chi connectivity index (χ0v) is 14.8. The fraction of sp³-hybridized carbons (Fsp3) is 0.250. The maximum absolute atomic E-state index is 12.0. The third-order valence-corrected chi connectivity index (χ3v) is 4.16. The molecule has 1 atom stereocenters. The number of benzene rings is 1. The van der Waals surface area contributed by atoms with E-state index in [1.807, 2.05) is 36.4 Å². The van der Waals surface area contributed by atoms with Crippen molar-refractivity contribution >= 4 is 11.9 Å². The van der Waals surface area contributed by atoms with Crippen molar-refractivity contribution in [3.8, 4) is 28.8 Å². The highest BCUT2D eigenvalue weighted by atomic mass is 16.5. The van der Waals surface area contributed by atoms with Crippen LogP contribution in [0.3, 0.4) is 0 Å². The zero-order chi connectivity index (χ0) is 18.5. The molecule has 0 unspecified atom stereocenters. The van der Waals surface area contributed by atoms with Gasteiger partial charge < -0.3 is 10.5 Å². The number of carbonyl (C=O) groups excluding carboxylic acids is 1. The molecule has 0 radical (unpaired) electrons. The van der Waals surface area contributed by atoms with E-state index in [2.05, 4.69) is 21.8 Å². The molecule has 6 nitrogen and oxygen atoms in total. The first kappa shape index (κ1) is 17.5. The second-order valence-corrected chi connectivity index (χ2v) is 5.88. The van der Waals surface area contributed by atoms with Gasteiger partial charge in [0.25, 0.3) is 0 Å². The Morgan fingerprint density at radius 2 is 2.19 bits per heavy atom. The maximum atomic E-state index is 12.0. The molecule has 2 N–H and O–H groups in total. The molecule has 1 aromatic carbocycles. The molecule has 0 aliphatic carbocycles. The third-order valence-electron chi connectivity index (χ3n) is 4.16. The van der Waals surface area contributed by atoms with E-state index in [0.717, 1.165) is 22.6 Å². The van der Waals surface area contributed by atoms with Crippen molar-refractivity contribution in [3.63, 3.8) is 0 Å². The minimum Gasteiger partial charge on any atom is -0.481 e. The van der Waals surface area contributed by atoms with Crippen LogP contribution in [0.15, 0.2) is 47.6 Å². The number of aliphatic imine (C=N–C) groups is 1. The highest BCUT2D eigenvalue weighted by Gasteiger charge is 2.25. The minimum absolute atomic E-state index is 0.0479. The first-order chi connectivity index (χ1) is 12.6. The molecule has 26 heavy (non-hydrogen) atoms. The van der Waals surface area contributed by atoms with Gasteiger partial charge in [-0.2, -0.15) is 0 Å². The standard InChI is InChI=1S/C20H20N4O2/c1-3-4-10-26-16-7-5-6-14(11-16)17-12-15(8-9-22-17)18-13-19(25)24(2)20(21)23-18/h5-9,11-12,18H,10,13H2,1-2H3,(H2,21,23)/t18-/m0/s1. The topological polar surface area (TPSA) is 80.8 Å². The predicted octanol–water partition coefficient (Wildman–Crippen LogP) is 2.37. The van der Waals surface area contributed by atoms with Gasteiger partial charge >= 0.3 is 0 Å². The van der Waals surface area contributed by atoms with E-state index in [1.54, 1.807) is 20.2 Å². The number of rotatable bonds is 4. The second-order valence-electron chi connectivity index (χ2n) is 5.88. The van der Waals surface area contributed by atoms with Gasteiger partial charge in [0.1, 0.15) is 12.4 Å². The van der Waals surface area contributed by atoms with E-state index in [-0.39, 0.29) is 17.9 Å². The molecule has 2 heterocycles. The molecule has 3 rings (SSSR count). The van der Waals surface area contributed by atoms with Gasteiger partial charge in [0.05, 0.1) is 18.2 Å². The molecule has 0 fully saturated rings. The number of nitrogens with two attached hydrogens (primary N) is 1. The molecule has 0 bridgehead atoms. The fourth-order valence-electron chi connectivity index (χ4n) is 2.66. The normalized spacial score (nSPS) is 16.5. The van der Waals surface area contributed by atoms with Crippen molar-refractivity contribution in [3.05, 3.63) is 48.2 Å². The van der Waals surface area contributed by atoms with Gasteiger partial charge in [-0.05, 0) is 36.8 Å². The molecular weight excluding hydrogens is 328 g/mol. The molecule has 132 valence electrons. The maximum Gasteiger partial charge on any atom is 0.231 e. The van der Waals surface area contributed by atoms with Crippen LogP contribution in [-0.4, -0.2) is 35.4 Å². The van der Waals surface area contributed by atoms with Crippen molar-refractivity contribution in [1.82, 2.24) is 9.88 Å². The first-order valence-electron chi connectivity index (χ1n) is 8.27. The number of hydrogen-bond donors (Lipinski definition) is 1. The molecular formula is C20H20N4O2. The lowest BCUT2D eigenvalue weighted by molar-refractivity contribution is -0.127. The van der Waals surface area contributed by atoms with Gasteiger partial charge in [0.2, 0.25) is 5.91 Å². The van der Waals surface area contributed by atoms with E-state index in [9.17, 15) is 4.79 Å². The lowest BCUT2D eigenvalue weighted by atomic mass is 10.0. The highest BCUT2D eigenvalue weighted by molar-refractivity contribution is 5.98. The average Bonchev–Trinajstić information content (AvgIpc) is 2.66. The number of pyridine rings is 1. The summed E-state index contributed by atoms with van der Waals surface area (Å²) in [5.41, 5.74) is 8.45. The van der Waals surface area contributed by atoms with Crippen LogP contribution in [0.1, 0.15) is 24.9 Å². The third kappa shape index (κ3) is 3.83. The lowest BCUT2D eigenvalue weighted by Gasteiger charge is -2.25. The van der Waals surface area contributed by atoms with Gasteiger partial charge in [-0.3, -0.25) is 14.7 Å². The summed E-state index contributed by atoms with van der Waals surface area (Å²) in [6, 6.07) is 11.2. The van der Waals surface area contributed by atoms with E-state index >= 15 is 0 Å². The molecule has 1 aromatic heterocycles. The number of nitrogens with zero attached hydrogens (tertiary/aromatic N) is 3. The van der Waals surface area contributed by atoms with Crippen LogP contribution in [0.25, 0.3) is 11.3 Å². The van der Waals surface area contributed by atoms with Crippen LogP contribution in [0.2, 0.25) is 0 Å².